The van der Waals surface area contributed by atoms with Crippen molar-refractivity contribution in [3.63, 3.8) is 0 Å². The van der Waals surface area contributed by atoms with Crippen LogP contribution in [0.15, 0.2) is 94.3 Å². The highest BCUT2D eigenvalue weighted by molar-refractivity contribution is 14.1. The predicted molar refractivity (Wildman–Crippen MR) is 147 cm³/mol. The number of halogens is 2. The lowest BCUT2D eigenvalue weighted by atomic mass is 10.1. The van der Waals surface area contributed by atoms with Gasteiger partial charge in [-0.3, -0.25) is 4.99 Å². The minimum Gasteiger partial charge on any atom is -0.436 e. The third kappa shape index (κ3) is 5.28. The first kappa shape index (κ1) is 23.3. The van der Waals surface area contributed by atoms with E-state index >= 15 is 0 Å². The number of ether oxygens (including phenoxy) is 1. The number of rotatable bonds is 5. The molecule has 172 valence electrons. The molecule has 0 fully saturated rings. The van der Waals surface area contributed by atoms with Crippen molar-refractivity contribution in [1.82, 2.24) is 4.98 Å². The molecule has 0 saturated carbocycles. The summed E-state index contributed by atoms with van der Waals surface area (Å²) < 4.78 is 12.2. The van der Waals surface area contributed by atoms with Gasteiger partial charge in [-0.1, -0.05) is 29.8 Å². The van der Waals surface area contributed by atoms with Crippen LogP contribution in [0, 0.1) is 10.5 Å². The molecule has 35 heavy (non-hydrogen) atoms. The van der Waals surface area contributed by atoms with E-state index in [1.165, 1.54) is 0 Å². The van der Waals surface area contributed by atoms with Crippen molar-refractivity contribution in [2.45, 2.75) is 6.92 Å². The van der Waals surface area contributed by atoms with Gasteiger partial charge in [-0.25, -0.2) is 9.78 Å². The van der Waals surface area contributed by atoms with Crippen molar-refractivity contribution in [3.8, 4) is 17.2 Å². The molecule has 5 nitrogen and oxygen atoms in total. The molecule has 0 radical (unpaired) electrons. The van der Waals surface area contributed by atoms with Gasteiger partial charge in [0.05, 0.1) is 11.3 Å². The summed E-state index contributed by atoms with van der Waals surface area (Å²) in [6.45, 7) is 2.00. The second kappa shape index (κ2) is 10.0. The molecule has 0 bridgehead atoms. The van der Waals surface area contributed by atoms with E-state index in [2.05, 4.69) is 32.6 Å². The topological polar surface area (TPSA) is 64.7 Å². The van der Waals surface area contributed by atoms with Crippen LogP contribution in [-0.4, -0.2) is 17.2 Å². The zero-order valence-electron chi connectivity index (χ0n) is 18.5. The zero-order valence-corrected chi connectivity index (χ0v) is 21.4. The number of benzene rings is 4. The monoisotopic (exact) mass is 592 g/mol. The number of aliphatic imine (C=N–C) groups is 1. The summed E-state index contributed by atoms with van der Waals surface area (Å²) in [4.78, 5) is 21.6. The normalized spacial score (nSPS) is 11.3. The molecule has 0 aliphatic rings. The van der Waals surface area contributed by atoms with Crippen molar-refractivity contribution >= 4 is 63.2 Å². The van der Waals surface area contributed by atoms with Crippen molar-refractivity contribution in [2.24, 2.45) is 4.99 Å². The fourth-order valence-electron chi connectivity index (χ4n) is 3.46. The van der Waals surface area contributed by atoms with Gasteiger partial charge in [0.2, 0.25) is 5.89 Å². The number of fused-ring (bicyclic) bond motifs is 1. The Morgan fingerprint density at radius 2 is 1.83 bits per heavy atom. The maximum absolute atomic E-state index is 12.4. The molecule has 5 rings (SSSR count). The number of carbonyl (C=O) groups is 1. The standard InChI is InChI=1S/C28H18ClIN2O3/c1-17-6-9-19(27-32-25-15-20(29)10-13-26(25)35-27)14-24(17)31-16-18-7-11-21(12-8-18)34-28(33)22-4-2-3-5-23(22)30/h2-16H,1H3. The lowest BCUT2D eigenvalue weighted by Crippen LogP contribution is -2.10. The van der Waals surface area contributed by atoms with E-state index in [0.29, 0.717) is 33.3 Å². The summed E-state index contributed by atoms with van der Waals surface area (Å²) in [6, 6.07) is 25.8. The molecular formula is C28H18ClIN2O3. The molecule has 0 amide bonds. The zero-order chi connectivity index (χ0) is 24.4. The molecule has 5 aromatic rings. The van der Waals surface area contributed by atoms with E-state index in [1.807, 2.05) is 61.5 Å². The minimum absolute atomic E-state index is 0.384. The Hall–Kier alpha value is -3.49. The summed E-state index contributed by atoms with van der Waals surface area (Å²) in [5, 5.41) is 0.613. The van der Waals surface area contributed by atoms with E-state index in [1.54, 1.807) is 36.5 Å². The Kier molecular flexibility index (Phi) is 6.66. The molecular weight excluding hydrogens is 575 g/mol. The van der Waals surface area contributed by atoms with E-state index in [4.69, 9.17) is 20.8 Å². The van der Waals surface area contributed by atoms with Crippen molar-refractivity contribution in [1.29, 1.82) is 0 Å². The van der Waals surface area contributed by atoms with Gasteiger partial charge < -0.3 is 9.15 Å². The lowest BCUT2D eigenvalue weighted by molar-refractivity contribution is 0.0733. The first-order chi connectivity index (χ1) is 17.0. The van der Waals surface area contributed by atoms with Gasteiger partial charge in [0.1, 0.15) is 11.3 Å². The Morgan fingerprint density at radius 1 is 1.03 bits per heavy atom. The van der Waals surface area contributed by atoms with E-state index < -0.39 is 0 Å². The Morgan fingerprint density at radius 3 is 2.63 bits per heavy atom. The van der Waals surface area contributed by atoms with Gasteiger partial charge in [-0.15, -0.1) is 0 Å². The average Bonchev–Trinajstić information content (AvgIpc) is 3.28. The summed E-state index contributed by atoms with van der Waals surface area (Å²) in [5.41, 5.74) is 5.45. The number of esters is 1. The highest BCUT2D eigenvalue weighted by Gasteiger charge is 2.12. The highest BCUT2D eigenvalue weighted by atomic mass is 127. The summed E-state index contributed by atoms with van der Waals surface area (Å²) in [6.07, 6.45) is 1.77. The fourth-order valence-corrected chi connectivity index (χ4v) is 4.23. The third-order valence-electron chi connectivity index (χ3n) is 5.34. The number of aromatic nitrogens is 1. The van der Waals surface area contributed by atoms with Gasteiger partial charge in [0.25, 0.3) is 0 Å². The number of carbonyl (C=O) groups excluding carboxylic acids is 1. The highest BCUT2D eigenvalue weighted by Crippen LogP contribution is 2.30. The van der Waals surface area contributed by atoms with E-state index in [-0.39, 0.29) is 5.97 Å². The average molecular weight is 593 g/mol. The van der Waals surface area contributed by atoms with Gasteiger partial charge in [-0.2, -0.15) is 0 Å². The third-order valence-corrected chi connectivity index (χ3v) is 6.52. The Bertz CT molecular complexity index is 1580. The number of hydrogen-bond acceptors (Lipinski definition) is 5. The van der Waals surface area contributed by atoms with Crippen LogP contribution in [0.1, 0.15) is 21.5 Å². The van der Waals surface area contributed by atoms with E-state index in [9.17, 15) is 4.79 Å². The first-order valence-corrected chi connectivity index (χ1v) is 12.2. The van der Waals surface area contributed by atoms with Crippen LogP contribution in [0.3, 0.4) is 0 Å². The largest absolute Gasteiger partial charge is 0.436 e. The molecule has 0 N–H and O–H groups in total. The molecule has 4 aromatic carbocycles. The summed E-state index contributed by atoms with van der Waals surface area (Å²) >= 11 is 8.18. The Balaban J connectivity index is 1.33. The number of nitrogens with zero attached hydrogens (tertiary/aromatic N) is 2. The maximum atomic E-state index is 12.4. The molecule has 0 saturated heterocycles. The molecule has 7 heteroatoms. The molecule has 0 atom stereocenters. The molecule has 0 aliphatic heterocycles. The van der Waals surface area contributed by atoms with Gasteiger partial charge >= 0.3 is 5.97 Å². The minimum atomic E-state index is -0.384. The summed E-state index contributed by atoms with van der Waals surface area (Å²) in [7, 11) is 0. The number of hydrogen-bond donors (Lipinski definition) is 0. The maximum Gasteiger partial charge on any atom is 0.344 e. The quantitative estimate of drug-likeness (QED) is 0.0897. The van der Waals surface area contributed by atoms with Crippen LogP contribution in [0.25, 0.3) is 22.6 Å². The Labute approximate surface area is 220 Å². The molecule has 0 unspecified atom stereocenters. The predicted octanol–water partition coefficient (Wildman–Crippen LogP) is 8.03. The molecule has 1 heterocycles. The second-order valence-electron chi connectivity index (χ2n) is 7.83. The van der Waals surface area contributed by atoms with Crippen LogP contribution in [-0.2, 0) is 0 Å². The number of oxazole rings is 1. The number of aryl methyl sites for hydroxylation is 1. The SMILES string of the molecule is Cc1ccc(-c2nc3cc(Cl)ccc3o2)cc1N=Cc1ccc(OC(=O)c2ccccc2I)cc1. The van der Waals surface area contributed by atoms with Gasteiger partial charge in [-0.05, 0) is 107 Å². The summed E-state index contributed by atoms with van der Waals surface area (Å²) in [5.74, 6) is 0.601. The van der Waals surface area contributed by atoms with Crippen molar-refractivity contribution in [3.05, 3.63) is 110 Å². The van der Waals surface area contributed by atoms with Crippen LogP contribution >= 0.6 is 34.2 Å². The van der Waals surface area contributed by atoms with Crippen molar-refractivity contribution in [2.75, 3.05) is 0 Å². The van der Waals surface area contributed by atoms with Crippen molar-refractivity contribution < 1.29 is 13.9 Å². The van der Waals surface area contributed by atoms with E-state index in [0.717, 1.165) is 25.9 Å². The molecule has 0 spiro atoms. The van der Waals surface area contributed by atoms with Crippen LogP contribution in [0.2, 0.25) is 5.02 Å². The van der Waals surface area contributed by atoms with Crippen LogP contribution in [0.4, 0.5) is 5.69 Å². The fraction of sp³-hybridized carbons (Fsp3) is 0.0357. The van der Waals surface area contributed by atoms with Gasteiger partial charge in [0.15, 0.2) is 5.58 Å². The molecule has 0 aliphatic carbocycles. The lowest BCUT2D eigenvalue weighted by Gasteiger charge is -2.06. The molecule has 1 aromatic heterocycles. The first-order valence-electron chi connectivity index (χ1n) is 10.7. The van der Waals surface area contributed by atoms with Gasteiger partial charge in [0, 0.05) is 20.4 Å². The smallest absolute Gasteiger partial charge is 0.344 e. The van der Waals surface area contributed by atoms with Crippen LogP contribution in [0.5, 0.6) is 5.75 Å². The van der Waals surface area contributed by atoms with Crippen LogP contribution < -0.4 is 4.74 Å². The second-order valence-corrected chi connectivity index (χ2v) is 9.43.